The number of hydrogen-bond acceptors (Lipinski definition) is 2. The molecular formula is C11H23NO2. The van der Waals surface area contributed by atoms with Crippen LogP contribution in [0.3, 0.4) is 0 Å². The van der Waals surface area contributed by atoms with E-state index >= 15 is 0 Å². The monoisotopic (exact) mass is 201 g/mol. The van der Waals surface area contributed by atoms with E-state index in [1.165, 1.54) is 0 Å². The average molecular weight is 201 g/mol. The van der Waals surface area contributed by atoms with E-state index in [-0.39, 0.29) is 17.7 Å². The Kier molecular flexibility index (Phi) is 4.95. The van der Waals surface area contributed by atoms with Crippen LogP contribution in [0.2, 0.25) is 0 Å². The highest BCUT2D eigenvalue weighted by Gasteiger charge is 2.29. The maximum Gasteiger partial charge on any atom is 0.410 e. The fourth-order valence-electron chi connectivity index (χ4n) is 1.52. The molecule has 0 unspecified atom stereocenters. The van der Waals surface area contributed by atoms with Crippen LogP contribution in [-0.2, 0) is 4.74 Å². The minimum absolute atomic E-state index is 0.166. The Morgan fingerprint density at radius 3 is 2.14 bits per heavy atom. The molecule has 0 saturated carbocycles. The predicted octanol–water partition coefficient (Wildman–Crippen LogP) is 3.04. The molecule has 0 aromatic carbocycles. The fraction of sp³-hybridized carbons (Fsp3) is 0.909. The summed E-state index contributed by atoms with van der Waals surface area (Å²) in [7, 11) is 0. The second kappa shape index (κ2) is 5.23. The molecule has 84 valence electrons. The first kappa shape index (κ1) is 13.3. The third-order valence-electron chi connectivity index (χ3n) is 1.87. The predicted molar refractivity (Wildman–Crippen MR) is 58.4 cm³/mol. The van der Waals surface area contributed by atoms with Crippen LogP contribution in [0.4, 0.5) is 4.79 Å². The number of ether oxygens (including phenoxy) is 1. The Bertz CT molecular complexity index is 182. The van der Waals surface area contributed by atoms with E-state index in [2.05, 4.69) is 0 Å². The summed E-state index contributed by atoms with van der Waals surface area (Å²) in [5.41, 5.74) is -0.182. The summed E-state index contributed by atoms with van der Waals surface area (Å²) >= 11 is 0. The number of carbonyl (C=O) groups excluding carboxylic acids is 1. The van der Waals surface area contributed by atoms with Crippen molar-refractivity contribution in [2.24, 2.45) is 0 Å². The Morgan fingerprint density at radius 1 is 1.36 bits per heavy atom. The van der Waals surface area contributed by atoms with Gasteiger partial charge in [0.25, 0.3) is 0 Å². The highest BCUT2D eigenvalue weighted by molar-refractivity contribution is 5.68. The maximum atomic E-state index is 11.7. The molecule has 0 bridgehead atoms. The summed E-state index contributed by atoms with van der Waals surface area (Å²) in [6.07, 6.45) is 0.649. The van der Waals surface area contributed by atoms with E-state index in [1.807, 2.05) is 41.5 Å². The van der Waals surface area contributed by atoms with E-state index in [0.717, 1.165) is 6.42 Å². The van der Waals surface area contributed by atoms with Crippen molar-refractivity contribution in [2.75, 3.05) is 6.61 Å². The fourth-order valence-corrected chi connectivity index (χ4v) is 1.52. The molecular weight excluding hydrogens is 178 g/mol. The van der Waals surface area contributed by atoms with Crippen molar-refractivity contribution < 1.29 is 9.53 Å². The van der Waals surface area contributed by atoms with E-state index in [9.17, 15) is 4.79 Å². The molecule has 0 aromatic rings. The summed E-state index contributed by atoms with van der Waals surface area (Å²) < 4.78 is 5.13. The van der Waals surface area contributed by atoms with Gasteiger partial charge in [0.1, 0.15) is 0 Å². The Balaban J connectivity index is 4.43. The van der Waals surface area contributed by atoms with E-state index in [4.69, 9.17) is 4.74 Å². The first-order valence-corrected chi connectivity index (χ1v) is 5.26. The lowest BCUT2D eigenvalue weighted by molar-refractivity contribution is 0.0521. The SMILES string of the molecule is CCCOC(=O)N(C(C)C)C(C)(C)C. The molecule has 0 radical (unpaired) electrons. The average Bonchev–Trinajstić information content (AvgIpc) is 1.97. The largest absolute Gasteiger partial charge is 0.449 e. The summed E-state index contributed by atoms with van der Waals surface area (Å²) in [6, 6.07) is 0.166. The summed E-state index contributed by atoms with van der Waals surface area (Å²) in [6.45, 7) is 12.5. The van der Waals surface area contributed by atoms with Gasteiger partial charge in [0.2, 0.25) is 0 Å². The van der Waals surface area contributed by atoms with Gasteiger partial charge in [0, 0.05) is 11.6 Å². The Hall–Kier alpha value is -0.730. The van der Waals surface area contributed by atoms with Gasteiger partial charge in [-0.15, -0.1) is 0 Å². The topological polar surface area (TPSA) is 29.5 Å². The van der Waals surface area contributed by atoms with E-state index < -0.39 is 0 Å². The zero-order chi connectivity index (χ0) is 11.4. The normalized spacial score (nSPS) is 11.6. The molecule has 0 rings (SSSR count). The van der Waals surface area contributed by atoms with Crippen molar-refractivity contribution in [3.8, 4) is 0 Å². The lowest BCUT2D eigenvalue weighted by Crippen LogP contribution is -2.49. The molecule has 0 aliphatic rings. The van der Waals surface area contributed by atoms with Gasteiger partial charge in [-0.05, 0) is 41.0 Å². The molecule has 0 aromatic heterocycles. The number of rotatable bonds is 3. The van der Waals surface area contributed by atoms with Crippen LogP contribution in [0.5, 0.6) is 0 Å². The molecule has 0 heterocycles. The van der Waals surface area contributed by atoms with Crippen molar-refractivity contribution in [1.29, 1.82) is 0 Å². The first-order chi connectivity index (χ1) is 6.30. The number of amides is 1. The van der Waals surface area contributed by atoms with Crippen molar-refractivity contribution in [1.82, 2.24) is 4.90 Å². The molecule has 0 aliphatic heterocycles. The molecule has 0 spiro atoms. The third kappa shape index (κ3) is 3.99. The van der Waals surface area contributed by atoms with Crippen LogP contribution in [0.15, 0.2) is 0 Å². The van der Waals surface area contributed by atoms with Crippen molar-refractivity contribution in [3.05, 3.63) is 0 Å². The van der Waals surface area contributed by atoms with Crippen LogP contribution in [-0.4, -0.2) is 29.2 Å². The summed E-state index contributed by atoms with van der Waals surface area (Å²) in [5, 5.41) is 0. The van der Waals surface area contributed by atoms with Gasteiger partial charge in [-0.3, -0.25) is 0 Å². The minimum atomic E-state index is -0.214. The second-order valence-electron chi connectivity index (χ2n) is 4.75. The van der Waals surface area contributed by atoms with Crippen LogP contribution >= 0.6 is 0 Å². The Labute approximate surface area is 87.4 Å². The molecule has 0 saturated heterocycles. The highest BCUT2D eigenvalue weighted by Crippen LogP contribution is 2.18. The van der Waals surface area contributed by atoms with Crippen LogP contribution in [0, 0.1) is 0 Å². The van der Waals surface area contributed by atoms with Gasteiger partial charge < -0.3 is 9.64 Å². The summed E-state index contributed by atoms with van der Waals surface area (Å²) in [4.78, 5) is 13.5. The molecule has 0 aliphatic carbocycles. The van der Waals surface area contributed by atoms with Crippen molar-refractivity contribution in [3.63, 3.8) is 0 Å². The number of carbonyl (C=O) groups is 1. The highest BCUT2D eigenvalue weighted by atomic mass is 16.6. The molecule has 14 heavy (non-hydrogen) atoms. The number of nitrogens with zero attached hydrogens (tertiary/aromatic N) is 1. The maximum absolute atomic E-state index is 11.7. The lowest BCUT2D eigenvalue weighted by Gasteiger charge is -2.37. The van der Waals surface area contributed by atoms with Gasteiger partial charge >= 0.3 is 6.09 Å². The van der Waals surface area contributed by atoms with Crippen molar-refractivity contribution >= 4 is 6.09 Å². The molecule has 0 N–H and O–H groups in total. The molecule has 3 nitrogen and oxygen atoms in total. The van der Waals surface area contributed by atoms with Gasteiger partial charge in [0.05, 0.1) is 6.61 Å². The van der Waals surface area contributed by atoms with Crippen molar-refractivity contribution in [2.45, 2.75) is 59.5 Å². The van der Waals surface area contributed by atoms with E-state index in [1.54, 1.807) is 4.90 Å². The number of hydrogen-bond donors (Lipinski definition) is 0. The zero-order valence-electron chi connectivity index (χ0n) is 10.3. The van der Waals surface area contributed by atoms with Crippen LogP contribution < -0.4 is 0 Å². The van der Waals surface area contributed by atoms with E-state index in [0.29, 0.717) is 6.61 Å². The molecule has 0 fully saturated rings. The first-order valence-electron chi connectivity index (χ1n) is 5.26. The lowest BCUT2D eigenvalue weighted by atomic mass is 10.0. The standard InChI is InChI=1S/C11H23NO2/c1-7-8-14-10(13)12(9(2)3)11(4,5)6/h9H,7-8H2,1-6H3. The van der Waals surface area contributed by atoms with Crippen LogP contribution in [0.25, 0.3) is 0 Å². The van der Waals surface area contributed by atoms with Gasteiger partial charge in [-0.25, -0.2) is 4.79 Å². The Morgan fingerprint density at radius 2 is 1.86 bits per heavy atom. The molecule has 3 heteroatoms. The van der Waals surface area contributed by atoms with Gasteiger partial charge in [0.15, 0.2) is 0 Å². The summed E-state index contributed by atoms with van der Waals surface area (Å²) in [5.74, 6) is 0. The van der Waals surface area contributed by atoms with Gasteiger partial charge in [-0.1, -0.05) is 6.92 Å². The zero-order valence-corrected chi connectivity index (χ0v) is 10.3. The molecule has 1 amide bonds. The quantitative estimate of drug-likeness (QED) is 0.702. The van der Waals surface area contributed by atoms with Crippen LogP contribution in [0.1, 0.15) is 48.0 Å². The van der Waals surface area contributed by atoms with Gasteiger partial charge in [-0.2, -0.15) is 0 Å². The molecule has 0 atom stereocenters. The minimum Gasteiger partial charge on any atom is -0.449 e. The third-order valence-corrected chi connectivity index (χ3v) is 1.87. The smallest absolute Gasteiger partial charge is 0.410 e. The second-order valence-corrected chi connectivity index (χ2v) is 4.75.